The van der Waals surface area contributed by atoms with Crippen molar-refractivity contribution in [1.82, 2.24) is 15.5 Å². The maximum atomic E-state index is 12.4. The van der Waals surface area contributed by atoms with Crippen molar-refractivity contribution >= 4 is 28.4 Å². The normalized spacial score (nSPS) is 34.0. The summed E-state index contributed by atoms with van der Waals surface area (Å²) in [6, 6.07) is 3.87. The average molecular weight is 376 g/mol. The van der Waals surface area contributed by atoms with E-state index >= 15 is 0 Å². The summed E-state index contributed by atoms with van der Waals surface area (Å²) in [7, 11) is 0. The van der Waals surface area contributed by atoms with E-state index in [1.807, 2.05) is 12.1 Å². The van der Waals surface area contributed by atoms with Gasteiger partial charge in [0.2, 0.25) is 5.91 Å². The molecule has 0 radical (unpaired) electrons. The molecule has 2 aromatic rings. The minimum atomic E-state index is -0.901. The highest BCUT2D eigenvalue weighted by Crippen LogP contribution is 2.60. The molecule has 2 saturated carbocycles. The highest BCUT2D eigenvalue weighted by molar-refractivity contribution is 6.31. The van der Waals surface area contributed by atoms with Gasteiger partial charge in [0.15, 0.2) is 0 Å². The first-order valence-corrected chi connectivity index (χ1v) is 9.66. The van der Waals surface area contributed by atoms with E-state index in [0.29, 0.717) is 42.9 Å². The number of halogens is 1. The zero-order valence-corrected chi connectivity index (χ0v) is 15.1. The Balaban J connectivity index is 1.29. The van der Waals surface area contributed by atoms with E-state index in [0.717, 1.165) is 29.3 Å². The maximum absolute atomic E-state index is 12.4. The third-order valence-electron chi connectivity index (χ3n) is 6.40. The lowest BCUT2D eigenvalue weighted by atomic mass is 9.86. The van der Waals surface area contributed by atoms with E-state index in [-0.39, 0.29) is 17.9 Å². The van der Waals surface area contributed by atoms with Crippen LogP contribution in [-0.2, 0) is 15.1 Å². The Labute approximate surface area is 156 Å². The molecular weight excluding hydrogens is 354 g/mol. The third kappa shape index (κ3) is 2.63. The lowest BCUT2D eigenvalue weighted by Gasteiger charge is -2.28. The fourth-order valence-corrected chi connectivity index (χ4v) is 5.16. The summed E-state index contributed by atoms with van der Waals surface area (Å²) in [6.45, 7) is 1.34. The number of benzene rings is 1. The number of amides is 1. The summed E-state index contributed by atoms with van der Waals surface area (Å²) >= 11 is 6.23. The van der Waals surface area contributed by atoms with Crippen LogP contribution >= 0.6 is 11.6 Å². The number of aromatic nitrogens is 2. The van der Waals surface area contributed by atoms with Gasteiger partial charge in [0.25, 0.3) is 0 Å². The molecule has 6 nitrogen and oxygen atoms in total. The van der Waals surface area contributed by atoms with Crippen LogP contribution in [0.1, 0.15) is 31.2 Å². The molecule has 5 rings (SSSR count). The predicted molar refractivity (Wildman–Crippen MR) is 96.7 cm³/mol. The van der Waals surface area contributed by atoms with Crippen molar-refractivity contribution in [1.29, 1.82) is 0 Å². The topological polar surface area (TPSA) is 87.2 Å². The van der Waals surface area contributed by atoms with Crippen LogP contribution in [0.2, 0.25) is 5.02 Å². The Morgan fingerprint density at radius 1 is 1.31 bits per heavy atom. The van der Waals surface area contributed by atoms with Crippen LogP contribution < -0.4 is 5.32 Å². The van der Waals surface area contributed by atoms with Gasteiger partial charge in [0.1, 0.15) is 0 Å². The molecule has 0 unspecified atom stereocenters. The quantitative estimate of drug-likeness (QED) is 0.768. The van der Waals surface area contributed by atoms with E-state index in [4.69, 9.17) is 16.3 Å². The average Bonchev–Trinajstić information content (AvgIpc) is 3.01. The standard InChI is InChI=1S/C19H22ClN3O3/c20-11-5-15(14-9-21-23-16(14)6-11)19(25)7-12-13(8-19)17(12)22-18(24)10-1-3-26-4-2-10/h5-6,9-10,12-13,17,25H,1-4,7-8H2,(H,21,23)(H,22,24)/t12-,13+,17-,19+. The SMILES string of the molecule is O=C(N[C@@H]1[C@@H]2C[C@@](O)(c3cc(Cl)cc4[nH]ncc34)C[C@@H]21)C1CCOCC1. The Morgan fingerprint density at radius 3 is 2.77 bits per heavy atom. The van der Waals surface area contributed by atoms with Gasteiger partial charge in [-0.1, -0.05) is 11.6 Å². The number of ether oxygens (including phenoxy) is 1. The number of carbonyl (C=O) groups excluding carboxylic acids is 1. The number of nitrogens with zero attached hydrogens (tertiary/aromatic N) is 1. The zero-order valence-electron chi connectivity index (χ0n) is 14.4. The molecule has 3 fully saturated rings. The third-order valence-corrected chi connectivity index (χ3v) is 6.62. The lowest BCUT2D eigenvalue weighted by Crippen LogP contribution is -2.38. The second-order valence-corrected chi connectivity index (χ2v) is 8.41. The van der Waals surface area contributed by atoms with Gasteiger partial charge in [-0.05, 0) is 55.2 Å². The van der Waals surface area contributed by atoms with E-state index in [1.165, 1.54) is 0 Å². The van der Waals surface area contributed by atoms with Gasteiger partial charge in [-0.2, -0.15) is 5.10 Å². The number of rotatable bonds is 3. The van der Waals surface area contributed by atoms with Gasteiger partial charge in [0, 0.05) is 35.6 Å². The maximum Gasteiger partial charge on any atom is 0.223 e. The number of hydrogen-bond acceptors (Lipinski definition) is 4. The van der Waals surface area contributed by atoms with Crippen molar-refractivity contribution in [2.45, 2.75) is 37.3 Å². The number of hydrogen-bond donors (Lipinski definition) is 3. The summed E-state index contributed by atoms with van der Waals surface area (Å²) in [5.41, 5.74) is 0.781. The smallest absolute Gasteiger partial charge is 0.223 e. The molecule has 1 aromatic carbocycles. The van der Waals surface area contributed by atoms with Crippen molar-refractivity contribution in [3.8, 4) is 0 Å². The molecule has 3 aliphatic rings. The zero-order chi connectivity index (χ0) is 17.9. The van der Waals surface area contributed by atoms with Gasteiger partial charge < -0.3 is 15.2 Å². The minimum Gasteiger partial charge on any atom is -0.385 e. The summed E-state index contributed by atoms with van der Waals surface area (Å²) in [5.74, 6) is 0.896. The molecule has 7 heteroatoms. The van der Waals surface area contributed by atoms with Crippen molar-refractivity contribution in [2.24, 2.45) is 17.8 Å². The molecule has 2 aliphatic carbocycles. The monoisotopic (exact) mass is 375 g/mol. The van der Waals surface area contributed by atoms with Gasteiger partial charge in [-0.25, -0.2) is 0 Å². The largest absolute Gasteiger partial charge is 0.385 e. The molecule has 1 saturated heterocycles. The lowest BCUT2D eigenvalue weighted by molar-refractivity contribution is -0.128. The number of carbonyl (C=O) groups is 1. The molecule has 0 spiro atoms. The molecule has 2 heterocycles. The Kier molecular flexibility index (Phi) is 3.78. The minimum absolute atomic E-state index is 0.0717. The Bertz CT molecular complexity index is 849. The van der Waals surface area contributed by atoms with Crippen LogP contribution in [0, 0.1) is 17.8 Å². The fourth-order valence-electron chi connectivity index (χ4n) is 4.94. The molecule has 1 aromatic heterocycles. The summed E-state index contributed by atoms with van der Waals surface area (Å²) in [6.07, 6.45) is 4.65. The summed E-state index contributed by atoms with van der Waals surface area (Å²) in [5, 5.41) is 23.0. The molecule has 1 aliphatic heterocycles. The summed E-state index contributed by atoms with van der Waals surface area (Å²) < 4.78 is 5.33. The molecule has 26 heavy (non-hydrogen) atoms. The van der Waals surface area contributed by atoms with Crippen LogP contribution in [0.4, 0.5) is 0 Å². The van der Waals surface area contributed by atoms with Crippen molar-refractivity contribution in [2.75, 3.05) is 13.2 Å². The molecule has 1 amide bonds. The van der Waals surface area contributed by atoms with Crippen molar-refractivity contribution < 1.29 is 14.6 Å². The first-order chi connectivity index (χ1) is 12.5. The Hall–Kier alpha value is -1.63. The second kappa shape index (κ2) is 5.94. The highest BCUT2D eigenvalue weighted by atomic mass is 35.5. The number of fused-ring (bicyclic) bond motifs is 2. The molecular formula is C19H22ClN3O3. The van der Waals surface area contributed by atoms with Gasteiger partial charge in [-0.3, -0.25) is 9.89 Å². The molecule has 0 bridgehead atoms. The van der Waals surface area contributed by atoms with Crippen LogP contribution in [0.25, 0.3) is 10.9 Å². The number of aliphatic hydroxyl groups is 1. The van der Waals surface area contributed by atoms with Crippen LogP contribution in [-0.4, -0.2) is 40.5 Å². The number of nitrogens with one attached hydrogen (secondary N) is 2. The molecule has 138 valence electrons. The van der Waals surface area contributed by atoms with Gasteiger partial charge in [0.05, 0.1) is 17.3 Å². The molecule has 3 N–H and O–H groups in total. The van der Waals surface area contributed by atoms with Crippen LogP contribution in [0.15, 0.2) is 18.3 Å². The van der Waals surface area contributed by atoms with Crippen LogP contribution in [0.5, 0.6) is 0 Å². The van der Waals surface area contributed by atoms with E-state index in [2.05, 4.69) is 15.5 Å². The highest BCUT2D eigenvalue weighted by Gasteiger charge is 2.62. The van der Waals surface area contributed by atoms with E-state index < -0.39 is 5.60 Å². The summed E-state index contributed by atoms with van der Waals surface area (Å²) in [4.78, 5) is 12.4. The number of H-pyrrole nitrogens is 1. The van der Waals surface area contributed by atoms with Crippen molar-refractivity contribution in [3.05, 3.63) is 28.9 Å². The van der Waals surface area contributed by atoms with Gasteiger partial charge in [-0.15, -0.1) is 0 Å². The van der Waals surface area contributed by atoms with Gasteiger partial charge >= 0.3 is 0 Å². The molecule has 4 atom stereocenters. The fraction of sp³-hybridized carbons (Fsp3) is 0.579. The number of aromatic amines is 1. The first-order valence-electron chi connectivity index (χ1n) is 9.29. The second-order valence-electron chi connectivity index (χ2n) is 7.97. The van der Waals surface area contributed by atoms with Crippen LogP contribution in [0.3, 0.4) is 0 Å². The van der Waals surface area contributed by atoms with E-state index in [1.54, 1.807) is 6.20 Å². The first kappa shape index (κ1) is 16.5. The van der Waals surface area contributed by atoms with E-state index in [9.17, 15) is 9.90 Å². The van der Waals surface area contributed by atoms with Crippen molar-refractivity contribution in [3.63, 3.8) is 0 Å². The Morgan fingerprint density at radius 2 is 2.04 bits per heavy atom. The predicted octanol–water partition coefficient (Wildman–Crippen LogP) is 2.36.